The number of esters is 1. The van der Waals surface area contributed by atoms with E-state index in [0.717, 1.165) is 6.07 Å². The molecular formula is C33H23F2N5O4. The van der Waals surface area contributed by atoms with Crippen molar-refractivity contribution < 1.29 is 27.6 Å². The molecule has 0 atom stereocenters. The zero-order chi connectivity index (χ0) is 30.6. The van der Waals surface area contributed by atoms with Crippen molar-refractivity contribution in [2.24, 2.45) is 0 Å². The quantitative estimate of drug-likeness (QED) is 0.182. The normalized spacial score (nSPS) is 11.0. The summed E-state index contributed by atoms with van der Waals surface area (Å²) >= 11 is 0. The summed E-state index contributed by atoms with van der Waals surface area (Å²) in [6.07, 6.45) is 1.63. The number of ether oxygens (including phenoxy) is 2. The number of rotatable bonds is 9. The standard InChI is InChI=1S/C33H23F2N5O4/c1-42-33(41)23-9-10-29-30(15-23)40(18-25-11-12-44-39-25)31(37-29)16-21-7-8-22(14-27(21)35)28-3-2-4-32(38-28)43-19-24-6-5-20(17-36)13-26(24)34/h2-15H,16,18-19H2,1H3. The van der Waals surface area contributed by atoms with Crippen molar-refractivity contribution in [3.05, 3.63) is 131 Å². The SMILES string of the molecule is COC(=O)c1ccc2nc(Cc3ccc(-c4cccc(OCc5ccc(C#N)cc5F)n4)cc3F)n(Cc3ccon3)c2c1. The van der Waals surface area contributed by atoms with E-state index in [9.17, 15) is 9.18 Å². The van der Waals surface area contributed by atoms with Crippen molar-refractivity contribution in [2.45, 2.75) is 19.6 Å². The average molecular weight is 592 g/mol. The predicted octanol–water partition coefficient (Wildman–Crippen LogP) is 6.24. The molecule has 6 rings (SSSR count). The fraction of sp³-hybridized carbons (Fsp3) is 0.121. The second kappa shape index (κ2) is 12.1. The molecule has 11 heteroatoms. The number of imidazole rings is 1. The Balaban J connectivity index is 1.25. The van der Waals surface area contributed by atoms with Crippen LogP contribution in [0, 0.1) is 23.0 Å². The van der Waals surface area contributed by atoms with Crippen molar-refractivity contribution >= 4 is 17.0 Å². The highest BCUT2D eigenvalue weighted by atomic mass is 19.1. The van der Waals surface area contributed by atoms with Crippen molar-refractivity contribution in [3.63, 3.8) is 0 Å². The monoisotopic (exact) mass is 591 g/mol. The summed E-state index contributed by atoms with van der Waals surface area (Å²) in [4.78, 5) is 21.3. The lowest BCUT2D eigenvalue weighted by atomic mass is 10.1. The number of pyridine rings is 1. The zero-order valence-corrected chi connectivity index (χ0v) is 23.3. The minimum atomic E-state index is -0.545. The van der Waals surface area contributed by atoms with Gasteiger partial charge in [-0.1, -0.05) is 29.4 Å². The number of hydrogen-bond acceptors (Lipinski definition) is 8. The van der Waals surface area contributed by atoms with Crippen LogP contribution in [0.2, 0.25) is 0 Å². The van der Waals surface area contributed by atoms with Gasteiger partial charge in [-0.2, -0.15) is 5.26 Å². The highest BCUT2D eigenvalue weighted by Crippen LogP contribution is 2.26. The molecular weight excluding hydrogens is 568 g/mol. The van der Waals surface area contributed by atoms with Crippen LogP contribution in [0.15, 0.2) is 89.6 Å². The van der Waals surface area contributed by atoms with Gasteiger partial charge in [-0.25, -0.2) is 23.5 Å². The maximum absolute atomic E-state index is 15.5. The van der Waals surface area contributed by atoms with E-state index < -0.39 is 17.6 Å². The summed E-state index contributed by atoms with van der Waals surface area (Å²) in [6, 6.07) is 22.7. The third-order valence-electron chi connectivity index (χ3n) is 7.04. The van der Waals surface area contributed by atoms with Gasteiger partial charge in [0.05, 0.1) is 47.6 Å². The smallest absolute Gasteiger partial charge is 0.337 e. The van der Waals surface area contributed by atoms with Crippen molar-refractivity contribution in [1.29, 1.82) is 5.26 Å². The van der Waals surface area contributed by atoms with Gasteiger partial charge in [-0.05, 0) is 48.0 Å². The first kappa shape index (κ1) is 28.2. The Morgan fingerprint density at radius 2 is 1.82 bits per heavy atom. The number of nitriles is 1. The molecule has 0 saturated heterocycles. The Morgan fingerprint density at radius 1 is 0.977 bits per heavy atom. The molecule has 0 saturated carbocycles. The topological polar surface area (TPSA) is 116 Å². The number of aromatic nitrogens is 4. The first-order chi connectivity index (χ1) is 21.4. The molecule has 0 bridgehead atoms. The number of halogens is 2. The maximum Gasteiger partial charge on any atom is 0.337 e. The van der Waals surface area contributed by atoms with Crippen LogP contribution in [-0.4, -0.2) is 32.8 Å². The highest BCUT2D eigenvalue weighted by molar-refractivity contribution is 5.93. The number of carbonyl (C=O) groups is 1. The highest BCUT2D eigenvalue weighted by Gasteiger charge is 2.18. The lowest BCUT2D eigenvalue weighted by molar-refractivity contribution is 0.0601. The molecule has 44 heavy (non-hydrogen) atoms. The van der Waals surface area contributed by atoms with Gasteiger partial charge in [0.1, 0.15) is 36.0 Å². The van der Waals surface area contributed by atoms with Crippen LogP contribution in [0.25, 0.3) is 22.3 Å². The number of benzene rings is 3. The van der Waals surface area contributed by atoms with Gasteiger partial charge in [0.25, 0.3) is 0 Å². The van der Waals surface area contributed by atoms with E-state index in [2.05, 4.69) is 10.1 Å². The number of hydrogen-bond donors (Lipinski definition) is 0. The number of carbonyl (C=O) groups excluding carboxylic acids is 1. The number of nitrogens with zero attached hydrogens (tertiary/aromatic N) is 5. The molecule has 3 aromatic heterocycles. The fourth-order valence-corrected chi connectivity index (χ4v) is 4.77. The Hall–Kier alpha value is -5.89. The van der Waals surface area contributed by atoms with Crippen molar-refractivity contribution in [1.82, 2.24) is 19.7 Å². The Morgan fingerprint density at radius 3 is 2.57 bits per heavy atom. The summed E-state index contributed by atoms with van der Waals surface area (Å²) in [5, 5.41) is 12.9. The molecule has 0 aliphatic carbocycles. The van der Waals surface area contributed by atoms with E-state index in [4.69, 9.17) is 24.2 Å². The molecule has 6 aromatic rings. The molecule has 3 heterocycles. The van der Waals surface area contributed by atoms with E-state index in [-0.39, 0.29) is 30.0 Å². The Bertz CT molecular complexity index is 2030. The van der Waals surface area contributed by atoms with Gasteiger partial charge in [-0.15, -0.1) is 0 Å². The molecule has 0 fully saturated rings. The largest absolute Gasteiger partial charge is 0.473 e. The van der Waals surface area contributed by atoms with Crippen LogP contribution < -0.4 is 4.74 Å². The molecule has 218 valence electrons. The van der Waals surface area contributed by atoms with Crippen LogP contribution in [0.3, 0.4) is 0 Å². The minimum Gasteiger partial charge on any atom is -0.473 e. The number of fused-ring (bicyclic) bond motifs is 1. The van der Waals surface area contributed by atoms with Gasteiger partial charge < -0.3 is 18.6 Å². The molecule has 0 radical (unpaired) electrons. The molecule has 0 unspecified atom stereocenters. The Kier molecular flexibility index (Phi) is 7.80. The molecule has 0 aliphatic rings. The molecule has 0 spiro atoms. The van der Waals surface area contributed by atoms with E-state index in [1.807, 2.05) is 10.6 Å². The lowest BCUT2D eigenvalue weighted by Gasteiger charge is -2.11. The average Bonchev–Trinajstić information content (AvgIpc) is 3.69. The molecule has 0 amide bonds. The summed E-state index contributed by atoms with van der Waals surface area (Å²) in [5.74, 6) is -0.667. The predicted molar refractivity (Wildman–Crippen MR) is 155 cm³/mol. The summed E-state index contributed by atoms with van der Waals surface area (Å²) in [7, 11) is 1.31. The van der Waals surface area contributed by atoms with Crippen molar-refractivity contribution in [2.75, 3.05) is 7.11 Å². The third kappa shape index (κ3) is 5.87. The fourth-order valence-electron chi connectivity index (χ4n) is 4.77. The zero-order valence-electron chi connectivity index (χ0n) is 23.3. The lowest BCUT2D eigenvalue weighted by Crippen LogP contribution is -2.08. The first-order valence-electron chi connectivity index (χ1n) is 13.5. The van der Waals surface area contributed by atoms with Gasteiger partial charge >= 0.3 is 5.97 Å². The van der Waals surface area contributed by atoms with E-state index >= 15 is 4.39 Å². The number of methoxy groups -OCH3 is 1. The van der Waals surface area contributed by atoms with Crippen LogP contribution >= 0.6 is 0 Å². The molecule has 3 aromatic carbocycles. The molecule has 0 N–H and O–H groups in total. The van der Waals surface area contributed by atoms with E-state index in [0.29, 0.717) is 51.5 Å². The second-order valence-electron chi connectivity index (χ2n) is 9.85. The molecule has 9 nitrogen and oxygen atoms in total. The second-order valence-corrected chi connectivity index (χ2v) is 9.85. The summed E-state index contributed by atoms with van der Waals surface area (Å²) in [6.45, 7) is 0.216. The summed E-state index contributed by atoms with van der Waals surface area (Å²) in [5.41, 5.74) is 4.22. The maximum atomic E-state index is 15.5. The van der Waals surface area contributed by atoms with Crippen LogP contribution in [-0.2, 0) is 24.3 Å². The summed E-state index contributed by atoms with van der Waals surface area (Å²) < 4.78 is 47.2. The van der Waals surface area contributed by atoms with E-state index in [1.54, 1.807) is 54.6 Å². The van der Waals surface area contributed by atoms with Gasteiger partial charge in [0.15, 0.2) is 0 Å². The van der Waals surface area contributed by atoms with Crippen molar-refractivity contribution in [3.8, 4) is 23.2 Å². The van der Waals surface area contributed by atoms with Gasteiger partial charge in [0, 0.05) is 29.7 Å². The third-order valence-corrected chi connectivity index (χ3v) is 7.04. The minimum absolute atomic E-state index is 0.0856. The Labute approximate surface area is 249 Å². The van der Waals surface area contributed by atoms with Crippen LogP contribution in [0.5, 0.6) is 5.88 Å². The van der Waals surface area contributed by atoms with E-state index in [1.165, 1.54) is 31.6 Å². The van der Waals surface area contributed by atoms with Gasteiger partial charge in [-0.3, -0.25) is 0 Å². The molecule has 0 aliphatic heterocycles. The van der Waals surface area contributed by atoms with Crippen LogP contribution in [0.1, 0.15) is 38.6 Å². The van der Waals surface area contributed by atoms with Gasteiger partial charge in [0.2, 0.25) is 5.88 Å². The first-order valence-corrected chi connectivity index (χ1v) is 13.5. The van der Waals surface area contributed by atoms with Crippen LogP contribution in [0.4, 0.5) is 8.78 Å².